The largest absolute Gasteiger partial charge is 0.457 e. The predicted molar refractivity (Wildman–Crippen MR) is 209 cm³/mol. The van der Waals surface area contributed by atoms with E-state index in [4.69, 9.17) is 4.74 Å². The zero-order chi connectivity index (χ0) is 32.7. The maximum absolute atomic E-state index is 6.40. The van der Waals surface area contributed by atoms with Crippen LogP contribution < -0.4 is 26.0 Å². The van der Waals surface area contributed by atoms with Gasteiger partial charge in [-0.05, 0) is 112 Å². The Labute approximate surface area is 283 Å². The van der Waals surface area contributed by atoms with Crippen LogP contribution >= 0.6 is 14.5 Å². The van der Waals surface area contributed by atoms with Crippen molar-refractivity contribution in [1.82, 2.24) is 0 Å². The van der Waals surface area contributed by atoms with E-state index in [1.807, 2.05) is 0 Å². The molecule has 0 radical (unpaired) electrons. The van der Waals surface area contributed by atoms with Gasteiger partial charge in [0, 0.05) is 0 Å². The molecule has 0 bridgehead atoms. The van der Waals surface area contributed by atoms with Gasteiger partial charge >= 0.3 is 0 Å². The number of ether oxygens (including phenoxy) is 1. The Morgan fingerprint density at radius 1 is 0.362 bits per heavy atom. The summed E-state index contributed by atoms with van der Waals surface area (Å²) < 4.78 is 6.40. The molecule has 0 aliphatic heterocycles. The normalized spacial score (nSPS) is 12.0. The van der Waals surface area contributed by atoms with Crippen LogP contribution in [0.25, 0.3) is 0 Å². The molecule has 0 aliphatic carbocycles. The topological polar surface area (TPSA) is 9.23 Å². The van der Waals surface area contributed by atoms with Crippen LogP contribution in [0.4, 0.5) is 0 Å². The van der Waals surface area contributed by atoms with Crippen LogP contribution in [0.15, 0.2) is 170 Å². The molecule has 0 amide bonds. The molecule has 1 nitrogen and oxygen atoms in total. The van der Waals surface area contributed by atoms with Crippen LogP contribution in [0.2, 0.25) is 0 Å². The molecule has 0 N–H and O–H groups in total. The van der Waals surface area contributed by atoms with E-state index in [0.29, 0.717) is 11.3 Å². The van der Waals surface area contributed by atoms with Crippen LogP contribution in [-0.2, 0) is 12.3 Å². The summed E-state index contributed by atoms with van der Waals surface area (Å²) in [5.74, 6) is 1.74. The van der Waals surface area contributed by atoms with Crippen molar-refractivity contribution in [1.29, 1.82) is 0 Å². The van der Waals surface area contributed by atoms with Gasteiger partial charge in [0.05, 0.1) is 59.4 Å². The van der Waals surface area contributed by atoms with Crippen molar-refractivity contribution in [2.75, 3.05) is 0 Å². The molecule has 6 aromatic rings. The van der Waals surface area contributed by atoms with E-state index in [1.54, 1.807) is 0 Å². The van der Waals surface area contributed by atoms with E-state index < -0.39 is 14.5 Å². The second kappa shape index (κ2) is 14.8. The second-order valence-electron chi connectivity index (χ2n) is 13.0. The van der Waals surface area contributed by atoms with Crippen molar-refractivity contribution < 1.29 is 4.74 Å². The lowest BCUT2D eigenvalue weighted by Gasteiger charge is -2.31. The van der Waals surface area contributed by atoms with Crippen molar-refractivity contribution in [2.45, 2.75) is 51.3 Å². The molecule has 6 rings (SSSR count). The smallest absolute Gasteiger partial charge is 0.127 e. The lowest BCUT2D eigenvalue weighted by atomic mass is 10.2. The summed E-state index contributed by atoms with van der Waals surface area (Å²) in [6, 6.07) is 62.2. The molecule has 0 saturated heterocycles. The fraction of sp³-hybridized carbons (Fsp3) is 0.182. The van der Waals surface area contributed by atoms with Gasteiger partial charge < -0.3 is 4.74 Å². The van der Waals surface area contributed by atoms with E-state index in [2.05, 4.69) is 198 Å². The van der Waals surface area contributed by atoms with E-state index in [9.17, 15) is 0 Å². The van der Waals surface area contributed by atoms with Gasteiger partial charge in [-0.15, -0.1) is 0 Å². The molecule has 0 atom stereocenters. The van der Waals surface area contributed by atoms with Gasteiger partial charge in [-0.25, -0.2) is 0 Å². The standard InChI is InChI=1S/C44H46OP2/c1-35(2)46(41-17-9-5-10-18-41,42-19-11-6-12-20-42)33-37-25-29-39(30-26-37)45-40-31-27-38(28-32-40)34-47(36(3)4,43-21-13-7-14-22-43)44-23-15-8-16-24-44/h5-32,35-36H,33-34H2,1-4H3/q+2. The van der Waals surface area contributed by atoms with Gasteiger partial charge in [-0.3, -0.25) is 0 Å². The van der Waals surface area contributed by atoms with E-state index in [0.717, 1.165) is 23.8 Å². The van der Waals surface area contributed by atoms with Crippen LogP contribution in [0.5, 0.6) is 11.5 Å². The highest BCUT2D eigenvalue weighted by Gasteiger charge is 2.47. The van der Waals surface area contributed by atoms with Crippen LogP contribution in [-0.4, -0.2) is 11.3 Å². The van der Waals surface area contributed by atoms with E-state index >= 15 is 0 Å². The first kappa shape index (κ1) is 32.9. The fourth-order valence-corrected chi connectivity index (χ4v) is 15.9. The van der Waals surface area contributed by atoms with Gasteiger partial charge in [-0.1, -0.05) is 97.1 Å². The first-order valence-electron chi connectivity index (χ1n) is 16.8. The Kier molecular flexibility index (Phi) is 10.4. The van der Waals surface area contributed by atoms with Gasteiger partial charge in [0.2, 0.25) is 0 Å². The highest BCUT2D eigenvalue weighted by Crippen LogP contribution is 2.64. The van der Waals surface area contributed by atoms with Gasteiger partial charge in [0.1, 0.15) is 11.5 Å². The minimum atomic E-state index is -1.69. The maximum Gasteiger partial charge on any atom is 0.127 e. The molecule has 0 heterocycles. The summed E-state index contributed by atoms with van der Waals surface area (Å²) >= 11 is 0. The van der Waals surface area contributed by atoms with Crippen molar-refractivity contribution in [3.63, 3.8) is 0 Å². The average Bonchev–Trinajstić information content (AvgIpc) is 3.12. The second-order valence-corrected chi connectivity index (χ2v) is 21.2. The summed E-state index contributed by atoms with van der Waals surface area (Å²) in [5, 5.41) is 5.85. The maximum atomic E-state index is 6.40. The summed E-state index contributed by atoms with van der Waals surface area (Å²) in [4.78, 5) is 0. The summed E-state index contributed by atoms with van der Waals surface area (Å²) in [5.41, 5.74) is 3.72. The lowest BCUT2D eigenvalue weighted by Crippen LogP contribution is -2.30. The quantitative estimate of drug-likeness (QED) is 0.120. The average molecular weight is 653 g/mol. The Bertz CT molecular complexity index is 1600. The molecule has 0 spiro atoms. The van der Waals surface area contributed by atoms with Gasteiger partial charge in [0.15, 0.2) is 0 Å². The molecule has 0 saturated carbocycles. The SMILES string of the molecule is CC(C)[P+](Cc1ccc(Oc2ccc(C[P+](c3ccccc3)(c3ccccc3)C(C)C)cc2)cc1)(c1ccccc1)c1ccccc1. The molecule has 236 valence electrons. The lowest BCUT2D eigenvalue weighted by molar-refractivity contribution is 0.482. The van der Waals surface area contributed by atoms with Gasteiger partial charge in [-0.2, -0.15) is 0 Å². The Morgan fingerprint density at radius 2 is 0.617 bits per heavy atom. The fourth-order valence-electron chi connectivity index (χ4n) is 7.03. The predicted octanol–water partition coefficient (Wildman–Crippen LogP) is 10.6. The molecule has 6 aromatic carbocycles. The summed E-state index contributed by atoms with van der Waals surface area (Å²) in [7, 11) is -3.38. The minimum absolute atomic E-state index is 0.516. The Morgan fingerprint density at radius 3 is 0.851 bits per heavy atom. The Balaban J connectivity index is 1.22. The van der Waals surface area contributed by atoms with Gasteiger partial charge in [0.25, 0.3) is 0 Å². The molecular formula is C44H46OP2+2. The van der Waals surface area contributed by atoms with E-state index in [-0.39, 0.29) is 0 Å². The molecule has 0 unspecified atom stereocenters. The molecule has 0 fully saturated rings. The van der Waals surface area contributed by atoms with Crippen molar-refractivity contribution in [2.24, 2.45) is 0 Å². The number of hydrogen-bond donors (Lipinski definition) is 0. The van der Waals surface area contributed by atoms with Crippen LogP contribution in [0.1, 0.15) is 38.8 Å². The Hall–Kier alpha value is -4.02. The van der Waals surface area contributed by atoms with Crippen molar-refractivity contribution in [3.05, 3.63) is 181 Å². The highest BCUT2D eigenvalue weighted by atomic mass is 31.2. The third-order valence-corrected chi connectivity index (χ3v) is 19.7. The minimum Gasteiger partial charge on any atom is -0.457 e. The van der Waals surface area contributed by atoms with Crippen LogP contribution in [0, 0.1) is 0 Å². The highest BCUT2D eigenvalue weighted by molar-refractivity contribution is 7.89. The molecule has 3 heteroatoms. The first-order valence-corrected chi connectivity index (χ1v) is 20.8. The molecular weight excluding hydrogens is 606 g/mol. The van der Waals surface area contributed by atoms with Crippen LogP contribution in [0.3, 0.4) is 0 Å². The molecule has 0 aromatic heterocycles. The monoisotopic (exact) mass is 652 g/mol. The van der Waals surface area contributed by atoms with Crippen molar-refractivity contribution >= 4 is 35.7 Å². The first-order chi connectivity index (χ1) is 22.9. The number of rotatable bonds is 12. The summed E-state index contributed by atoms with van der Waals surface area (Å²) in [6.45, 7) is 9.56. The molecule has 0 aliphatic rings. The third kappa shape index (κ3) is 6.99. The van der Waals surface area contributed by atoms with E-state index in [1.165, 1.54) is 32.3 Å². The number of benzene rings is 6. The summed E-state index contributed by atoms with van der Waals surface area (Å²) in [6.07, 6.45) is 2.05. The molecule has 47 heavy (non-hydrogen) atoms. The van der Waals surface area contributed by atoms with Crippen molar-refractivity contribution in [3.8, 4) is 11.5 Å². The zero-order valence-electron chi connectivity index (χ0n) is 28.0. The third-order valence-electron chi connectivity index (χ3n) is 9.58. The number of hydrogen-bond acceptors (Lipinski definition) is 1. The zero-order valence-corrected chi connectivity index (χ0v) is 29.8.